The molecule has 1 aromatic rings. The molecule has 2 aliphatic rings. The fourth-order valence-corrected chi connectivity index (χ4v) is 3.54. The van der Waals surface area contributed by atoms with Gasteiger partial charge in [0.2, 0.25) is 11.8 Å². The van der Waals surface area contributed by atoms with Crippen LogP contribution < -0.4 is 5.32 Å². The van der Waals surface area contributed by atoms with Crippen LogP contribution in [0.2, 0.25) is 0 Å². The van der Waals surface area contributed by atoms with Gasteiger partial charge in [-0.15, -0.1) is 0 Å². The molecular weight excluding hydrogens is 269 g/mol. The van der Waals surface area contributed by atoms with Gasteiger partial charge >= 0.3 is 0 Å². The number of imide groups is 1. The summed E-state index contributed by atoms with van der Waals surface area (Å²) in [6.45, 7) is 0. The zero-order valence-electron chi connectivity index (χ0n) is 11.7. The largest absolute Gasteiger partial charge is 0.296 e. The Morgan fingerprint density at radius 1 is 1.14 bits per heavy atom. The summed E-state index contributed by atoms with van der Waals surface area (Å²) in [5.41, 5.74) is 0.405. The van der Waals surface area contributed by atoms with Crippen molar-refractivity contribution in [2.45, 2.75) is 31.6 Å². The predicted molar refractivity (Wildman–Crippen MR) is 76.9 cm³/mol. The number of amides is 2. The van der Waals surface area contributed by atoms with Crippen LogP contribution in [0.4, 0.5) is 4.39 Å². The quantitative estimate of drug-likeness (QED) is 0.671. The maximum Gasteiger partial charge on any atom is 0.234 e. The lowest BCUT2D eigenvalue weighted by molar-refractivity contribution is -0.137. The third-order valence-corrected chi connectivity index (χ3v) is 4.55. The van der Waals surface area contributed by atoms with Gasteiger partial charge in [0.1, 0.15) is 5.82 Å². The fraction of sp³-hybridized carbons (Fsp3) is 0.412. The summed E-state index contributed by atoms with van der Waals surface area (Å²) >= 11 is 0. The van der Waals surface area contributed by atoms with Crippen molar-refractivity contribution < 1.29 is 14.0 Å². The standard InChI is InChI=1S/C17H18FNO2/c18-14-9-5-4-8-12(14)16-13(10-15(20)19-17(16)21)11-6-2-1-3-7-11/h1-2,4-5,8-9,11,13,16H,3,6-7,10H2,(H,19,20,21). The Morgan fingerprint density at radius 2 is 1.95 bits per heavy atom. The lowest BCUT2D eigenvalue weighted by Crippen LogP contribution is -2.47. The molecule has 4 heteroatoms. The van der Waals surface area contributed by atoms with E-state index in [-0.39, 0.29) is 29.5 Å². The van der Waals surface area contributed by atoms with Crippen molar-refractivity contribution in [3.05, 3.63) is 47.8 Å². The van der Waals surface area contributed by atoms with Gasteiger partial charge in [0.15, 0.2) is 0 Å². The van der Waals surface area contributed by atoms with Crippen LogP contribution in [0.1, 0.15) is 37.2 Å². The average Bonchev–Trinajstić information content (AvgIpc) is 2.49. The Hall–Kier alpha value is -1.97. The van der Waals surface area contributed by atoms with Crippen molar-refractivity contribution in [3.8, 4) is 0 Å². The highest BCUT2D eigenvalue weighted by Gasteiger charge is 2.41. The van der Waals surface area contributed by atoms with Gasteiger partial charge in [-0.2, -0.15) is 0 Å². The number of hydrogen-bond donors (Lipinski definition) is 1. The van der Waals surface area contributed by atoms with E-state index in [4.69, 9.17) is 0 Å². The van der Waals surface area contributed by atoms with Crippen molar-refractivity contribution in [2.75, 3.05) is 0 Å². The van der Waals surface area contributed by atoms with Crippen LogP contribution in [0.5, 0.6) is 0 Å². The molecule has 1 aromatic carbocycles. The van der Waals surface area contributed by atoms with Crippen LogP contribution in [0, 0.1) is 17.7 Å². The minimum absolute atomic E-state index is 0.118. The molecule has 1 aliphatic heterocycles. The van der Waals surface area contributed by atoms with E-state index in [9.17, 15) is 14.0 Å². The molecule has 1 aliphatic carbocycles. The van der Waals surface area contributed by atoms with Crippen molar-refractivity contribution in [1.82, 2.24) is 5.32 Å². The number of halogens is 1. The Labute approximate surface area is 123 Å². The van der Waals surface area contributed by atoms with Crippen LogP contribution in [0.25, 0.3) is 0 Å². The molecule has 21 heavy (non-hydrogen) atoms. The highest BCUT2D eigenvalue weighted by molar-refractivity contribution is 6.01. The summed E-state index contributed by atoms with van der Waals surface area (Å²) in [5, 5.41) is 2.36. The molecule has 2 amide bonds. The van der Waals surface area contributed by atoms with Crippen LogP contribution in [-0.2, 0) is 9.59 Å². The Morgan fingerprint density at radius 3 is 2.67 bits per heavy atom. The molecule has 0 spiro atoms. The van der Waals surface area contributed by atoms with Gasteiger partial charge in [0, 0.05) is 12.0 Å². The second-order valence-corrected chi connectivity index (χ2v) is 5.82. The van der Waals surface area contributed by atoms with Crippen molar-refractivity contribution in [2.24, 2.45) is 11.8 Å². The first-order chi connectivity index (χ1) is 10.2. The highest BCUT2D eigenvalue weighted by Crippen LogP contribution is 2.41. The molecule has 3 atom stereocenters. The minimum Gasteiger partial charge on any atom is -0.296 e. The first-order valence-corrected chi connectivity index (χ1v) is 7.40. The van der Waals surface area contributed by atoms with Gasteiger partial charge in [-0.25, -0.2) is 4.39 Å². The van der Waals surface area contributed by atoms with Crippen LogP contribution in [0.3, 0.4) is 0 Å². The summed E-state index contributed by atoms with van der Waals surface area (Å²) in [4.78, 5) is 24.0. The van der Waals surface area contributed by atoms with Gasteiger partial charge < -0.3 is 0 Å². The topological polar surface area (TPSA) is 46.2 Å². The van der Waals surface area contributed by atoms with Crippen LogP contribution >= 0.6 is 0 Å². The number of nitrogens with one attached hydrogen (secondary N) is 1. The fourth-order valence-electron chi connectivity index (χ4n) is 3.54. The smallest absolute Gasteiger partial charge is 0.234 e. The Balaban J connectivity index is 1.97. The number of rotatable bonds is 2. The predicted octanol–water partition coefficient (Wildman–Crippen LogP) is 2.93. The van der Waals surface area contributed by atoms with Crippen LogP contribution in [-0.4, -0.2) is 11.8 Å². The molecule has 1 heterocycles. The first kappa shape index (κ1) is 14.0. The summed E-state index contributed by atoms with van der Waals surface area (Å²) in [6.07, 6.45) is 7.29. The van der Waals surface area contributed by atoms with Gasteiger partial charge in [0.05, 0.1) is 5.92 Å². The van der Waals surface area contributed by atoms with E-state index in [0.717, 1.165) is 19.3 Å². The summed E-state index contributed by atoms with van der Waals surface area (Å²) in [6, 6.07) is 6.38. The van der Waals surface area contributed by atoms with E-state index >= 15 is 0 Å². The minimum atomic E-state index is -0.569. The van der Waals surface area contributed by atoms with E-state index in [1.54, 1.807) is 18.2 Å². The summed E-state index contributed by atoms with van der Waals surface area (Å²) in [7, 11) is 0. The lowest BCUT2D eigenvalue weighted by Gasteiger charge is -2.36. The number of carbonyl (C=O) groups is 2. The third kappa shape index (κ3) is 2.75. The first-order valence-electron chi connectivity index (χ1n) is 7.40. The van der Waals surface area contributed by atoms with E-state index in [1.165, 1.54) is 6.07 Å². The molecule has 3 unspecified atom stereocenters. The number of allylic oxidation sites excluding steroid dienone is 2. The maximum absolute atomic E-state index is 14.1. The van der Waals surface area contributed by atoms with Gasteiger partial charge in [-0.05, 0) is 37.2 Å². The molecule has 0 saturated carbocycles. The normalized spacial score (nSPS) is 29.3. The lowest BCUT2D eigenvalue weighted by atomic mass is 9.70. The SMILES string of the molecule is O=C1CC(C2CC=CCC2)C(c2ccccc2F)C(=O)N1. The third-order valence-electron chi connectivity index (χ3n) is 4.55. The van der Waals surface area contributed by atoms with Crippen molar-refractivity contribution in [3.63, 3.8) is 0 Å². The molecule has 0 aromatic heterocycles. The van der Waals surface area contributed by atoms with Gasteiger partial charge in [0.25, 0.3) is 0 Å². The molecule has 1 fully saturated rings. The van der Waals surface area contributed by atoms with E-state index in [2.05, 4.69) is 17.5 Å². The molecule has 0 radical (unpaired) electrons. The average molecular weight is 287 g/mol. The molecule has 110 valence electrons. The van der Waals surface area contributed by atoms with E-state index in [0.29, 0.717) is 12.0 Å². The highest BCUT2D eigenvalue weighted by atomic mass is 19.1. The molecule has 3 nitrogen and oxygen atoms in total. The van der Waals surface area contributed by atoms with E-state index < -0.39 is 5.92 Å². The summed E-state index contributed by atoms with van der Waals surface area (Å²) in [5.74, 6) is -1.41. The molecule has 1 N–H and O–H groups in total. The second kappa shape index (κ2) is 5.80. The van der Waals surface area contributed by atoms with Gasteiger partial charge in [-0.3, -0.25) is 14.9 Å². The Bertz CT molecular complexity index is 596. The van der Waals surface area contributed by atoms with Crippen LogP contribution in [0.15, 0.2) is 36.4 Å². The molecular formula is C17H18FNO2. The van der Waals surface area contributed by atoms with Crippen molar-refractivity contribution >= 4 is 11.8 Å². The Kier molecular flexibility index (Phi) is 3.86. The van der Waals surface area contributed by atoms with Crippen molar-refractivity contribution in [1.29, 1.82) is 0 Å². The zero-order chi connectivity index (χ0) is 14.8. The van der Waals surface area contributed by atoms with E-state index in [1.807, 2.05) is 0 Å². The number of benzene rings is 1. The van der Waals surface area contributed by atoms with Gasteiger partial charge in [-0.1, -0.05) is 30.4 Å². The molecule has 1 saturated heterocycles. The number of carbonyl (C=O) groups excluding carboxylic acids is 2. The molecule has 3 rings (SSSR count). The number of piperidine rings is 1. The zero-order valence-corrected chi connectivity index (χ0v) is 11.7. The second-order valence-electron chi connectivity index (χ2n) is 5.82. The maximum atomic E-state index is 14.1. The number of hydrogen-bond acceptors (Lipinski definition) is 2. The molecule has 0 bridgehead atoms. The monoisotopic (exact) mass is 287 g/mol. The summed E-state index contributed by atoms with van der Waals surface area (Å²) < 4.78 is 14.1.